The SMILES string of the molecule is COCC(C)NC1CCC(Nc2nccc(-c3cnnc(OCC4(C#N)CCOCC4)c3)n2)CC1. The molecule has 2 N–H and O–H groups in total. The molecule has 0 bridgehead atoms. The van der Waals surface area contributed by atoms with Crippen LogP contribution in [0.1, 0.15) is 45.4 Å². The first-order chi connectivity index (χ1) is 17.1. The van der Waals surface area contributed by atoms with Crippen LogP contribution in [0.5, 0.6) is 5.88 Å². The number of methoxy groups -OCH3 is 1. The van der Waals surface area contributed by atoms with E-state index in [9.17, 15) is 5.26 Å². The smallest absolute Gasteiger partial charge is 0.234 e. The van der Waals surface area contributed by atoms with Crippen LogP contribution in [-0.2, 0) is 9.47 Å². The van der Waals surface area contributed by atoms with Crippen molar-refractivity contribution in [3.05, 3.63) is 24.5 Å². The fourth-order valence-corrected chi connectivity index (χ4v) is 4.70. The number of nitriles is 1. The minimum atomic E-state index is -0.543. The molecule has 1 aliphatic heterocycles. The maximum atomic E-state index is 9.64. The molecule has 4 rings (SSSR count). The van der Waals surface area contributed by atoms with Crippen LogP contribution in [-0.4, -0.2) is 71.8 Å². The monoisotopic (exact) mass is 481 g/mol. The number of hydrogen-bond donors (Lipinski definition) is 2. The highest BCUT2D eigenvalue weighted by Gasteiger charge is 2.34. The molecule has 10 heteroatoms. The summed E-state index contributed by atoms with van der Waals surface area (Å²) >= 11 is 0. The summed E-state index contributed by atoms with van der Waals surface area (Å²) in [6, 6.07) is 7.29. The fraction of sp³-hybridized carbons (Fsp3) is 0.640. The first-order valence-corrected chi connectivity index (χ1v) is 12.4. The first kappa shape index (κ1) is 25.2. The molecule has 0 amide bonds. The number of ether oxygens (including phenoxy) is 3. The Morgan fingerprint density at radius 3 is 2.74 bits per heavy atom. The first-order valence-electron chi connectivity index (χ1n) is 12.4. The Morgan fingerprint density at radius 2 is 2.00 bits per heavy atom. The van der Waals surface area contributed by atoms with Crippen molar-refractivity contribution in [3.8, 4) is 23.2 Å². The van der Waals surface area contributed by atoms with Gasteiger partial charge in [-0.25, -0.2) is 9.97 Å². The summed E-state index contributed by atoms with van der Waals surface area (Å²) in [4.78, 5) is 9.12. The quantitative estimate of drug-likeness (QED) is 0.523. The average Bonchev–Trinajstić information content (AvgIpc) is 2.90. The molecule has 2 aromatic heterocycles. The molecule has 1 saturated heterocycles. The largest absolute Gasteiger partial charge is 0.475 e. The number of nitrogens with one attached hydrogen (secondary N) is 2. The minimum Gasteiger partial charge on any atom is -0.475 e. The van der Waals surface area contributed by atoms with Gasteiger partial charge in [-0.3, -0.25) is 0 Å². The van der Waals surface area contributed by atoms with Gasteiger partial charge in [-0.05, 0) is 51.5 Å². The number of hydrogen-bond acceptors (Lipinski definition) is 10. The van der Waals surface area contributed by atoms with Crippen molar-refractivity contribution < 1.29 is 14.2 Å². The van der Waals surface area contributed by atoms with Crippen molar-refractivity contribution in [1.82, 2.24) is 25.5 Å². The van der Waals surface area contributed by atoms with E-state index < -0.39 is 5.41 Å². The van der Waals surface area contributed by atoms with Crippen molar-refractivity contribution in [2.24, 2.45) is 5.41 Å². The molecule has 35 heavy (non-hydrogen) atoms. The van der Waals surface area contributed by atoms with E-state index in [0.29, 0.717) is 56.0 Å². The summed E-state index contributed by atoms with van der Waals surface area (Å²) < 4.78 is 16.5. The summed E-state index contributed by atoms with van der Waals surface area (Å²) in [7, 11) is 1.74. The Kier molecular flexibility index (Phi) is 8.79. The summed E-state index contributed by atoms with van der Waals surface area (Å²) in [5.74, 6) is 0.988. The Bertz CT molecular complexity index is 985. The highest BCUT2D eigenvalue weighted by atomic mass is 16.5. The van der Waals surface area contributed by atoms with Crippen molar-refractivity contribution in [2.75, 3.05) is 38.9 Å². The summed E-state index contributed by atoms with van der Waals surface area (Å²) in [5, 5.41) is 24.9. The standard InChI is InChI=1S/C25H35N7O3/c1-18(15-33-2)29-20-3-5-21(6-4-20)30-24-27-10-7-22(31-24)19-13-23(32-28-14-19)35-17-25(16-26)8-11-34-12-9-25/h7,10,13-14,18,20-21,29H,3-6,8-9,11-12,15,17H2,1-2H3,(H,27,30,31). The third-order valence-corrected chi connectivity index (χ3v) is 6.76. The van der Waals surface area contributed by atoms with Gasteiger partial charge in [0.15, 0.2) is 0 Å². The normalized spacial score (nSPS) is 22.7. The van der Waals surface area contributed by atoms with E-state index in [-0.39, 0.29) is 6.61 Å². The van der Waals surface area contributed by atoms with Gasteiger partial charge in [-0.15, -0.1) is 5.10 Å². The molecule has 10 nitrogen and oxygen atoms in total. The van der Waals surface area contributed by atoms with Crippen LogP contribution >= 0.6 is 0 Å². The molecular weight excluding hydrogens is 446 g/mol. The Balaban J connectivity index is 1.33. The lowest BCUT2D eigenvalue weighted by molar-refractivity contribution is 0.0181. The maximum absolute atomic E-state index is 9.64. The Morgan fingerprint density at radius 1 is 1.23 bits per heavy atom. The van der Waals surface area contributed by atoms with Gasteiger partial charge in [0.2, 0.25) is 11.8 Å². The predicted octanol–water partition coefficient (Wildman–Crippen LogP) is 2.98. The minimum absolute atomic E-state index is 0.267. The van der Waals surface area contributed by atoms with E-state index >= 15 is 0 Å². The topological polar surface area (TPSA) is 127 Å². The average molecular weight is 482 g/mol. The van der Waals surface area contributed by atoms with Crippen molar-refractivity contribution in [3.63, 3.8) is 0 Å². The van der Waals surface area contributed by atoms with Gasteiger partial charge in [-0.2, -0.15) is 10.4 Å². The molecule has 0 radical (unpaired) electrons. The van der Waals surface area contributed by atoms with Gasteiger partial charge in [0.05, 0.1) is 30.0 Å². The molecule has 1 atom stereocenters. The van der Waals surface area contributed by atoms with Crippen molar-refractivity contribution in [1.29, 1.82) is 5.26 Å². The molecule has 2 aromatic rings. The van der Waals surface area contributed by atoms with Gasteiger partial charge >= 0.3 is 0 Å². The van der Waals surface area contributed by atoms with Crippen molar-refractivity contribution in [2.45, 2.75) is 63.6 Å². The lowest BCUT2D eigenvalue weighted by Gasteiger charge is -2.31. The van der Waals surface area contributed by atoms with Crippen LogP contribution in [0.15, 0.2) is 24.5 Å². The number of rotatable bonds is 10. The number of nitrogens with zero attached hydrogens (tertiary/aromatic N) is 5. The molecule has 0 spiro atoms. The third kappa shape index (κ3) is 7.07. The number of anilines is 1. The van der Waals surface area contributed by atoms with E-state index in [1.54, 1.807) is 19.5 Å². The van der Waals surface area contributed by atoms with Gasteiger partial charge in [0.1, 0.15) is 6.61 Å². The van der Waals surface area contributed by atoms with E-state index in [4.69, 9.17) is 19.2 Å². The van der Waals surface area contributed by atoms with Gasteiger partial charge < -0.3 is 24.8 Å². The van der Waals surface area contributed by atoms with Crippen LogP contribution < -0.4 is 15.4 Å². The maximum Gasteiger partial charge on any atom is 0.234 e. The molecule has 1 unspecified atom stereocenters. The molecule has 188 valence electrons. The molecule has 0 aromatic carbocycles. The van der Waals surface area contributed by atoms with Crippen LogP contribution in [0.25, 0.3) is 11.3 Å². The van der Waals surface area contributed by atoms with Gasteiger partial charge in [0, 0.05) is 56.3 Å². The van der Waals surface area contributed by atoms with E-state index in [0.717, 1.165) is 43.5 Å². The molecular formula is C25H35N7O3. The van der Waals surface area contributed by atoms with E-state index in [1.807, 2.05) is 12.1 Å². The number of aromatic nitrogens is 4. The second-order valence-electron chi connectivity index (χ2n) is 9.56. The summed E-state index contributed by atoms with van der Waals surface area (Å²) in [5.41, 5.74) is 0.990. The molecule has 2 aliphatic rings. The molecule has 1 saturated carbocycles. The molecule has 3 heterocycles. The predicted molar refractivity (Wildman–Crippen MR) is 131 cm³/mol. The summed E-state index contributed by atoms with van der Waals surface area (Å²) in [6.45, 7) is 4.30. The van der Waals surface area contributed by atoms with Crippen LogP contribution in [0.3, 0.4) is 0 Å². The lowest BCUT2D eigenvalue weighted by atomic mass is 9.83. The Labute approximate surface area is 206 Å². The van der Waals surface area contributed by atoms with Crippen LogP contribution in [0, 0.1) is 16.7 Å². The third-order valence-electron chi connectivity index (χ3n) is 6.76. The van der Waals surface area contributed by atoms with E-state index in [2.05, 4.69) is 38.8 Å². The highest BCUT2D eigenvalue weighted by molar-refractivity contribution is 5.59. The van der Waals surface area contributed by atoms with E-state index in [1.165, 1.54) is 0 Å². The van der Waals surface area contributed by atoms with Gasteiger partial charge in [-0.1, -0.05) is 0 Å². The zero-order valence-electron chi connectivity index (χ0n) is 20.6. The zero-order chi connectivity index (χ0) is 24.5. The molecule has 2 fully saturated rings. The Hall–Kier alpha value is -2.87. The zero-order valence-corrected chi connectivity index (χ0v) is 20.6. The van der Waals surface area contributed by atoms with Crippen LogP contribution in [0.2, 0.25) is 0 Å². The van der Waals surface area contributed by atoms with Crippen molar-refractivity contribution >= 4 is 5.95 Å². The molecule has 1 aliphatic carbocycles. The van der Waals surface area contributed by atoms with Gasteiger partial charge in [0.25, 0.3) is 0 Å². The second-order valence-corrected chi connectivity index (χ2v) is 9.56. The lowest BCUT2D eigenvalue weighted by Crippen LogP contribution is -2.43. The summed E-state index contributed by atoms with van der Waals surface area (Å²) in [6.07, 6.45) is 9.05. The highest BCUT2D eigenvalue weighted by Crippen LogP contribution is 2.31. The fourth-order valence-electron chi connectivity index (χ4n) is 4.70. The van der Waals surface area contributed by atoms with Crippen LogP contribution in [0.4, 0.5) is 5.95 Å². The second kappa shape index (κ2) is 12.2.